The minimum absolute atomic E-state index is 0.220. The van der Waals surface area contributed by atoms with Gasteiger partial charge in [0, 0.05) is 24.7 Å². The lowest BCUT2D eigenvalue weighted by Crippen LogP contribution is -2.41. The SMILES string of the molecule is CC(C)(C)OC(=O)N1CCC(c2ccc(OCc3cc(-c4ccccc4)no3)cc2)CC1. The van der Waals surface area contributed by atoms with Gasteiger partial charge in [0.2, 0.25) is 0 Å². The molecule has 4 rings (SSSR count). The fourth-order valence-corrected chi connectivity index (χ4v) is 3.84. The molecule has 0 spiro atoms. The second-order valence-corrected chi connectivity index (χ2v) is 9.14. The lowest BCUT2D eigenvalue weighted by Gasteiger charge is -2.33. The summed E-state index contributed by atoms with van der Waals surface area (Å²) < 4.78 is 16.8. The zero-order valence-electron chi connectivity index (χ0n) is 18.9. The maximum Gasteiger partial charge on any atom is 0.410 e. The van der Waals surface area contributed by atoms with Gasteiger partial charge in [-0.3, -0.25) is 0 Å². The molecular weight excluding hydrogens is 404 g/mol. The van der Waals surface area contributed by atoms with E-state index in [1.807, 2.05) is 69.3 Å². The number of nitrogens with zero attached hydrogens (tertiary/aromatic N) is 2. The van der Waals surface area contributed by atoms with Crippen LogP contribution < -0.4 is 4.74 Å². The molecular formula is C26H30N2O4. The van der Waals surface area contributed by atoms with Gasteiger partial charge < -0.3 is 18.9 Å². The Morgan fingerprint density at radius 2 is 1.75 bits per heavy atom. The summed E-state index contributed by atoms with van der Waals surface area (Å²) in [6.07, 6.45) is 1.64. The first-order valence-corrected chi connectivity index (χ1v) is 11.1. The van der Waals surface area contributed by atoms with Gasteiger partial charge in [-0.2, -0.15) is 0 Å². The van der Waals surface area contributed by atoms with E-state index in [0.717, 1.165) is 29.8 Å². The van der Waals surface area contributed by atoms with Gasteiger partial charge >= 0.3 is 6.09 Å². The third-order valence-corrected chi connectivity index (χ3v) is 5.51. The molecule has 1 aromatic heterocycles. The Labute approximate surface area is 189 Å². The molecule has 1 amide bonds. The van der Waals surface area contributed by atoms with Gasteiger partial charge in [-0.15, -0.1) is 0 Å². The van der Waals surface area contributed by atoms with Crippen LogP contribution in [0.1, 0.15) is 50.9 Å². The summed E-state index contributed by atoms with van der Waals surface area (Å²) in [6, 6.07) is 20.0. The van der Waals surface area contributed by atoms with E-state index in [4.69, 9.17) is 14.0 Å². The molecule has 0 bridgehead atoms. The van der Waals surface area contributed by atoms with Crippen molar-refractivity contribution in [2.75, 3.05) is 13.1 Å². The monoisotopic (exact) mass is 434 g/mol. The van der Waals surface area contributed by atoms with Crippen LogP contribution in [0.25, 0.3) is 11.3 Å². The highest BCUT2D eigenvalue weighted by molar-refractivity contribution is 5.68. The van der Waals surface area contributed by atoms with Crippen molar-refractivity contribution in [2.45, 2.75) is 51.7 Å². The number of benzene rings is 2. The van der Waals surface area contributed by atoms with E-state index in [9.17, 15) is 4.79 Å². The minimum Gasteiger partial charge on any atom is -0.486 e. The van der Waals surface area contributed by atoms with Crippen molar-refractivity contribution in [3.63, 3.8) is 0 Å². The van der Waals surface area contributed by atoms with Crippen LogP contribution in [0.4, 0.5) is 4.79 Å². The highest BCUT2D eigenvalue weighted by atomic mass is 16.6. The third-order valence-electron chi connectivity index (χ3n) is 5.51. The highest BCUT2D eigenvalue weighted by Gasteiger charge is 2.27. The van der Waals surface area contributed by atoms with E-state index in [-0.39, 0.29) is 6.09 Å². The third kappa shape index (κ3) is 5.69. The fourth-order valence-electron chi connectivity index (χ4n) is 3.84. The lowest BCUT2D eigenvalue weighted by molar-refractivity contribution is 0.0205. The van der Waals surface area contributed by atoms with Crippen LogP contribution in [-0.4, -0.2) is 34.8 Å². The summed E-state index contributed by atoms with van der Waals surface area (Å²) in [6.45, 7) is 7.44. The predicted octanol–water partition coefficient (Wildman–Crippen LogP) is 6.04. The molecule has 0 aliphatic carbocycles. The average molecular weight is 435 g/mol. The second kappa shape index (κ2) is 9.47. The van der Waals surface area contributed by atoms with Crippen molar-refractivity contribution in [1.82, 2.24) is 10.1 Å². The van der Waals surface area contributed by atoms with Gasteiger partial charge in [0.15, 0.2) is 5.76 Å². The number of likely N-dealkylation sites (tertiary alicyclic amines) is 1. The van der Waals surface area contributed by atoms with Crippen molar-refractivity contribution in [1.29, 1.82) is 0 Å². The predicted molar refractivity (Wildman–Crippen MR) is 122 cm³/mol. The van der Waals surface area contributed by atoms with Crippen molar-refractivity contribution >= 4 is 6.09 Å². The van der Waals surface area contributed by atoms with Gasteiger partial charge in [0.25, 0.3) is 0 Å². The first-order chi connectivity index (χ1) is 15.4. The summed E-state index contributed by atoms with van der Waals surface area (Å²) in [7, 11) is 0. The van der Waals surface area contributed by atoms with E-state index >= 15 is 0 Å². The molecule has 0 unspecified atom stereocenters. The zero-order chi connectivity index (χ0) is 22.6. The molecule has 0 saturated carbocycles. The standard InChI is InChI=1S/C26H30N2O4/c1-26(2,3)31-25(29)28-15-13-20(14-16-28)19-9-11-22(12-10-19)30-18-23-17-24(27-32-23)21-7-5-4-6-8-21/h4-12,17,20H,13-16,18H2,1-3H3. The number of hydrogen-bond acceptors (Lipinski definition) is 5. The molecule has 1 fully saturated rings. The summed E-state index contributed by atoms with van der Waals surface area (Å²) in [4.78, 5) is 14.1. The number of piperidine rings is 1. The van der Waals surface area contributed by atoms with Crippen LogP contribution in [0.2, 0.25) is 0 Å². The smallest absolute Gasteiger partial charge is 0.410 e. The van der Waals surface area contributed by atoms with Gasteiger partial charge in [-0.1, -0.05) is 47.6 Å². The zero-order valence-corrected chi connectivity index (χ0v) is 18.9. The summed E-state index contributed by atoms with van der Waals surface area (Å²) >= 11 is 0. The number of hydrogen-bond donors (Lipinski definition) is 0. The Morgan fingerprint density at radius 3 is 2.41 bits per heavy atom. The summed E-state index contributed by atoms with van der Waals surface area (Å²) in [5, 5.41) is 4.12. The van der Waals surface area contributed by atoms with Crippen LogP contribution in [0.15, 0.2) is 65.2 Å². The Balaban J connectivity index is 1.27. The molecule has 3 aromatic rings. The van der Waals surface area contributed by atoms with E-state index < -0.39 is 5.60 Å². The Hall–Kier alpha value is -3.28. The number of aromatic nitrogens is 1. The van der Waals surface area contributed by atoms with Crippen molar-refractivity contribution in [2.24, 2.45) is 0 Å². The van der Waals surface area contributed by atoms with E-state index in [2.05, 4.69) is 17.3 Å². The Kier molecular flexibility index (Phi) is 6.49. The molecule has 6 nitrogen and oxygen atoms in total. The maximum atomic E-state index is 12.2. The minimum atomic E-state index is -0.460. The molecule has 1 aliphatic heterocycles. The molecule has 2 heterocycles. The van der Waals surface area contributed by atoms with E-state index in [1.54, 1.807) is 4.90 Å². The maximum absolute atomic E-state index is 12.2. The van der Waals surface area contributed by atoms with E-state index in [1.165, 1.54) is 5.56 Å². The van der Waals surface area contributed by atoms with Crippen molar-refractivity contribution in [3.05, 3.63) is 72.0 Å². The molecule has 0 radical (unpaired) electrons. The fraction of sp³-hybridized carbons (Fsp3) is 0.385. The summed E-state index contributed by atoms with van der Waals surface area (Å²) in [5.74, 6) is 1.91. The van der Waals surface area contributed by atoms with Gasteiger partial charge in [-0.05, 0) is 57.2 Å². The van der Waals surface area contributed by atoms with Gasteiger partial charge in [0.05, 0.1) is 0 Å². The molecule has 32 heavy (non-hydrogen) atoms. The lowest BCUT2D eigenvalue weighted by atomic mass is 9.89. The number of carbonyl (C=O) groups excluding carboxylic acids is 1. The van der Waals surface area contributed by atoms with Crippen LogP contribution in [0, 0.1) is 0 Å². The second-order valence-electron chi connectivity index (χ2n) is 9.14. The van der Waals surface area contributed by atoms with Crippen LogP contribution in [-0.2, 0) is 11.3 Å². The molecule has 0 atom stereocenters. The van der Waals surface area contributed by atoms with Gasteiger partial charge in [-0.25, -0.2) is 4.79 Å². The number of carbonyl (C=O) groups is 1. The number of rotatable bonds is 5. The first kappa shape index (κ1) is 21.9. The molecule has 2 aromatic carbocycles. The highest BCUT2D eigenvalue weighted by Crippen LogP contribution is 2.30. The topological polar surface area (TPSA) is 64.8 Å². The quantitative estimate of drug-likeness (QED) is 0.490. The largest absolute Gasteiger partial charge is 0.486 e. The molecule has 0 N–H and O–H groups in total. The van der Waals surface area contributed by atoms with Gasteiger partial charge in [0.1, 0.15) is 23.7 Å². The number of ether oxygens (including phenoxy) is 2. The molecule has 6 heteroatoms. The summed E-state index contributed by atoms with van der Waals surface area (Å²) in [5.41, 5.74) is 2.63. The molecule has 1 saturated heterocycles. The number of amides is 1. The van der Waals surface area contributed by atoms with Crippen molar-refractivity contribution in [3.8, 4) is 17.0 Å². The Morgan fingerprint density at radius 1 is 1.06 bits per heavy atom. The van der Waals surface area contributed by atoms with E-state index in [0.29, 0.717) is 31.4 Å². The van der Waals surface area contributed by atoms with Crippen molar-refractivity contribution < 1.29 is 18.8 Å². The van der Waals surface area contributed by atoms with Crippen LogP contribution in [0.5, 0.6) is 5.75 Å². The normalized spacial score (nSPS) is 14.9. The Bertz CT molecular complexity index is 1010. The molecule has 168 valence electrons. The average Bonchev–Trinajstić information content (AvgIpc) is 3.27. The molecule has 1 aliphatic rings. The van der Waals surface area contributed by atoms with Crippen LogP contribution >= 0.6 is 0 Å². The van der Waals surface area contributed by atoms with Crippen LogP contribution in [0.3, 0.4) is 0 Å². The first-order valence-electron chi connectivity index (χ1n) is 11.1.